The summed E-state index contributed by atoms with van der Waals surface area (Å²) in [4.78, 5) is 4.58. The van der Waals surface area contributed by atoms with E-state index in [4.69, 9.17) is 9.47 Å². The number of benzene rings is 2. The SMILES string of the molecule is COc1cc2c(NCc3cccc(C(F)(F)F)c3)nc3nnc(C(C)C)n3c2cc1OC. The van der Waals surface area contributed by atoms with E-state index in [1.807, 2.05) is 24.3 Å². The van der Waals surface area contributed by atoms with Crippen molar-refractivity contribution in [2.75, 3.05) is 19.5 Å². The van der Waals surface area contributed by atoms with Crippen molar-refractivity contribution >= 4 is 22.5 Å². The van der Waals surface area contributed by atoms with Crippen LogP contribution in [0.1, 0.15) is 36.7 Å². The molecule has 2 aromatic heterocycles. The van der Waals surface area contributed by atoms with Gasteiger partial charge in [-0.1, -0.05) is 26.0 Å². The molecular weight excluding hydrogens is 423 g/mol. The van der Waals surface area contributed by atoms with Crippen molar-refractivity contribution in [1.82, 2.24) is 19.6 Å². The van der Waals surface area contributed by atoms with E-state index in [1.54, 1.807) is 19.2 Å². The van der Waals surface area contributed by atoms with E-state index in [0.29, 0.717) is 34.0 Å². The van der Waals surface area contributed by atoms with Crippen LogP contribution >= 0.6 is 0 Å². The van der Waals surface area contributed by atoms with Crippen molar-refractivity contribution in [2.45, 2.75) is 32.5 Å². The minimum absolute atomic E-state index is 0.0898. The first-order valence-electron chi connectivity index (χ1n) is 9.93. The van der Waals surface area contributed by atoms with Gasteiger partial charge in [-0.15, -0.1) is 10.2 Å². The summed E-state index contributed by atoms with van der Waals surface area (Å²) >= 11 is 0. The molecule has 0 unspecified atom stereocenters. The first kappa shape index (κ1) is 21.7. The molecule has 10 heteroatoms. The Morgan fingerprint density at radius 1 is 1.03 bits per heavy atom. The molecule has 0 atom stereocenters. The van der Waals surface area contributed by atoms with Crippen molar-refractivity contribution in [2.24, 2.45) is 0 Å². The van der Waals surface area contributed by atoms with Gasteiger partial charge in [0.15, 0.2) is 11.5 Å². The summed E-state index contributed by atoms with van der Waals surface area (Å²) in [5.41, 5.74) is 0.517. The Kier molecular flexibility index (Phi) is 5.53. The van der Waals surface area contributed by atoms with Gasteiger partial charge in [0.25, 0.3) is 5.78 Å². The molecule has 0 saturated heterocycles. The number of methoxy groups -OCH3 is 2. The topological polar surface area (TPSA) is 73.6 Å². The van der Waals surface area contributed by atoms with Crippen LogP contribution in [-0.2, 0) is 12.7 Å². The van der Waals surface area contributed by atoms with E-state index in [2.05, 4.69) is 20.5 Å². The summed E-state index contributed by atoms with van der Waals surface area (Å²) in [6, 6.07) is 8.76. The second-order valence-electron chi connectivity index (χ2n) is 7.58. The number of ether oxygens (including phenoxy) is 2. The van der Waals surface area contributed by atoms with Crippen LogP contribution < -0.4 is 14.8 Å². The summed E-state index contributed by atoms with van der Waals surface area (Å²) in [6.07, 6.45) is -4.40. The predicted octanol–water partition coefficient (Wildman–Crippen LogP) is 5.05. The van der Waals surface area contributed by atoms with Gasteiger partial charge in [-0.2, -0.15) is 18.2 Å². The Morgan fingerprint density at radius 2 is 1.75 bits per heavy atom. The first-order valence-corrected chi connectivity index (χ1v) is 9.93. The minimum Gasteiger partial charge on any atom is -0.493 e. The fraction of sp³-hybridized carbons (Fsp3) is 0.318. The van der Waals surface area contributed by atoms with Crippen molar-refractivity contribution in [3.05, 3.63) is 53.3 Å². The Hall–Kier alpha value is -3.56. The lowest BCUT2D eigenvalue weighted by Crippen LogP contribution is -2.09. The molecule has 0 spiro atoms. The predicted molar refractivity (Wildman–Crippen MR) is 114 cm³/mol. The lowest BCUT2D eigenvalue weighted by atomic mass is 10.1. The molecule has 0 aliphatic heterocycles. The van der Waals surface area contributed by atoms with Crippen molar-refractivity contribution < 1.29 is 22.6 Å². The van der Waals surface area contributed by atoms with Gasteiger partial charge in [-0.25, -0.2) is 0 Å². The number of anilines is 1. The normalized spacial score (nSPS) is 12.0. The zero-order chi connectivity index (χ0) is 23.0. The van der Waals surface area contributed by atoms with Crippen LogP contribution in [0.15, 0.2) is 36.4 Å². The number of alkyl halides is 3. The van der Waals surface area contributed by atoms with Crippen LogP contribution in [0.2, 0.25) is 0 Å². The first-order chi connectivity index (χ1) is 15.2. The highest BCUT2D eigenvalue weighted by molar-refractivity contribution is 5.93. The maximum atomic E-state index is 13.1. The number of aromatic nitrogens is 4. The monoisotopic (exact) mass is 445 g/mol. The number of rotatable bonds is 6. The number of hydrogen-bond acceptors (Lipinski definition) is 6. The molecule has 2 aromatic carbocycles. The molecule has 0 aliphatic rings. The maximum Gasteiger partial charge on any atom is 0.416 e. The lowest BCUT2D eigenvalue weighted by Gasteiger charge is -2.15. The molecule has 1 N–H and O–H groups in total. The zero-order valence-corrected chi connectivity index (χ0v) is 18.0. The second kappa shape index (κ2) is 8.18. The van der Waals surface area contributed by atoms with Crippen LogP contribution in [0, 0.1) is 0 Å². The highest BCUT2D eigenvalue weighted by atomic mass is 19.4. The summed E-state index contributed by atoms with van der Waals surface area (Å²) in [5.74, 6) is 2.68. The van der Waals surface area contributed by atoms with Crippen LogP contribution in [-0.4, -0.2) is 33.8 Å². The molecule has 0 radical (unpaired) electrons. The highest BCUT2D eigenvalue weighted by Gasteiger charge is 2.30. The highest BCUT2D eigenvalue weighted by Crippen LogP contribution is 2.36. The summed E-state index contributed by atoms with van der Waals surface area (Å²) < 4.78 is 51.9. The second-order valence-corrected chi connectivity index (χ2v) is 7.58. The molecule has 0 saturated carbocycles. The molecule has 168 valence electrons. The number of halogens is 3. The van der Waals surface area contributed by atoms with Gasteiger partial charge >= 0.3 is 6.18 Å². The number of nitrogens with one attached hydrogen (secondary N) is 1. The molecule has 0 bridgehead atoms. The smallest absolute Gasteiger partial charge is 0.416 e. The Labute approximate surface area is 182 Å². The lowest BCUT2D eigenvalue weighted by molar-refractivity contribution is -0.137. The number of hydrogen-bond donors (Lipinski definition) is 1. The van der Waals surface area contributed by atoms with Crippen molar-refractivity contribution in [1.29, 1.82) is 0 Å². The van der Waals surface area contributed by atoms with Gasteiger partial charge in [0.1, 0.15) is 11.6 Å². The van der Waals surface area contributed by atoms with Gasteiger partial charge in [0.05, 0.1) is 25.3 Å². The Balaban J connectivity index is 1.83. The molecule has 32 heavy (non-hydrogen) atoms. The van der Waals surface area contributed by atoms with Crippen molar-refractivity contribution in [3.8, 4) is 11.5 Å². The van der Waals surface area contributed by atoms with Crippen LogP contribution in [0.25, 0.3) is 16.7 Å². The fourth-order valence-corrected chi connectivity index (χ4v) is 3.55. The van der Waals surface area contributed by atoms with Gasteiger partial charge in [0.2, 0.25) is 0 Å². The molecule has 4 aromatic rings. The molecule has 0 fully saturated rings. The fourth-order valence-electron chi connectivity index (χ4n) is 3.55. The molecular formula is C22H22F3N5O2. The third-order valence-corrected chi connectivity index (χ3v) is 5.11. The van der Waals surface area contributed by atoms with E-state index in [1.165, 1.54) is 13.2 Å². The van der Waals surface area contributed by atoms with E-state index >= 15 is 0 Å². The number of fused-ring (bicyclic) bond motifs is 3. The van der Waals surface area contributed by atoms with Crippen LogP contribution in [0.3, 0.4) is 0 Å². The summed E-state index contributed by atoms with van der Waals surface area (Å²) in [6.45, 7) is 4.15. The van der Waals surface area contributed by atoms with Gasteiger partial charge in [0, 0.05) is 23.9 Å². The molecule has 0 amide bonds. The number of nitrogens with zero attached hydrogens (tertiary/aromatic N) is 4. The average Bonchev–Trinajstić information content (AvgIpc) is 3.20. The molecule has 2 heterocycles. The van der Waals surface area contributed by atoms with E-state index in [0.717, 1.165) is 23.5 Å². The summed E-state index contributed by atoms with van der Waals surface area (Å²) in [5, 5.41) is 12.3. The molecule has 7 nitrogen and oxygen atoms in total. The van der Waals surface area contributed by atoms with Crippen molar-refractivity contribution in [3.63, 3.8) is 0 Å². The summed E-state index contributed by atoms with van der Waals surface area (Å²) in [7, 11) is 3.08. The quantitative estimate of drug-likeness (QED) is 0.448. The minimum atomic E-state index is -4.40. The maximum absolute atomic E-state index is 13.1. The van der Waals surface area contributed by atoms with Gasteiger partial charge < -0.3 is 14.8 Å². The third kappa shape index (κ3) is 3.88. The van der Waals surface area contributed by atoms with Crippen LogP contribution in [0.4, 0.5) is 19.0 Å². The Bertz CT molecular complexity index is 1280. The van der Waals surface area contributed by atoms with E-state index in [9.17, 15) is 13.2 Å². The average molecular weight is 445 g/mol. The van der Waals surface area contributed by atoms with Gasteiger partial charge in [-0.05, 0) is 23.8 Å². The van der Waals surface area contributed by atoms with Gasteiger partial charge in [-0.3, -0.25) is 4.40 Å². The van der Waals surface area contributed by atoms with E-state index < -0.39 is 11.7 Å². The molecule has 4 rings (SSSR count). The van der Waals surface area contributed by atoms with Crippen LogP contribution in [0.5, 0.6) is 11.5 Å². The molecule has 0 aliphatic carbocycles. The largest absolute Gasteiger partial charge is 0.493 e. The zero-order valence-electron chi connectivity index (χ0n) is 18.0. The standard InChI is InChI=1S/C22H22F3N5O2/c1-12(2)20-28-29-21-27-19(26-11-13-6-5-7-14(8-13)22(23,24)25)15-9-17(31-3)18(32-4)10-16(15)30(20)21/h5-10,12H,11H2,1-4H3,(H,26,27,29). The third-order valence-electron chi connectivity index (χ3n) is 5.11. The Morgan fingerprint density at radius 3 is 2.41 bits per heavy atom. The van der Waals surface area contributed by atoms with E-state index in [-0.39, 0.29) is 12.5 Å².